The van der Waals surface area contributed by atoms with E-state index in [-0.39, 0.29) is 0 Å². The molecule has 0 atom stereocenters. The molecule has 0 saturated heterocycles. The summed E-state index contributed by atoms with van der Waals surface area (Å²) in [6, 6.07) is 3.82. The Morgan fingerprint density at radius 2 is 1.13 bits per heavy atom. The maximum atomic E-state index is 12.9. The lowest BCUT2D eigenvalue weighted by atomic mass is 10.2. The van der Waals surface area contributed by atoms with Crippen LogP contribution < -0.4 is 9.47 Å². The van der Waals surface area contributed by atoms with Gasteiger partial charge in [-0.2, -0.15) is 0 Å². The van der Waals surface area contributed by atoms with Crippen molar-refractivity contribution < 1.29 is 59.3 Å². The average molecular weight is 467 g/mol. The highest BCUT2D eigenvalue weighted by molar-refractivity contribution is 6.67. The summed E-state index contributed by atoms with van der Waals surface area (Å²) in [5.74, 6) is -5.57. The quantitative estimate of drug-likeness (QED) is 0.474. The smallest absolute Gasteiger partial charge is 0.478 e. The van der Waals surface area contributed by atoms with Crippen LogP contribution in [-0.2, 0) is 0 Å². The molecule has 0 bridgehead atoms. The lowest BCUT2D eigenvalue weighted by molar-refractivity contribution is -0.275. The average Bonchev–Trinajstić information content (AvgIpc) is 2.51. The number of carboxylic acid groups (broad SMARTS) is 1. The Bertz CT molecular complexity index is 851. The fraction of sp³-hybridized carbons (Fsp3) is 0.125. The molecule has 0 unspecified atom stereocenters. The predicted molar refractivity (Wildman–Crippen MR) is 83.3 cm³/mol. The van der Waals surface area contributed by atoms with Gasteiger partial charge in [0.2, 0.25) is 0 Å². The monoisotopic (exact) mass is 466 g/mol. The van der Waals surface area contributed by atoms with Crippen molar-refractivity contribution in [3.8, 4) is 11.5 Å². The van der Waals surface area contributed by atoms with Crippen LogP contribution in [0.3, 0.4) is 0 Å². The third kappa shape index (κ3) is 8.51. The number of halogens is 9. The number of hydrogen-bond donors (Lipinski definition) is 1. The van der Waals surface area contributed by atoms with Gasteiger partial charge in [0.1, 0.15) is 23.1 Å². The third-order valence-corrected chi connectivity index (χ3v) is 2.99. The number of hydrogen-bond acceptors (Lipinski definition) is 4. The van der Waals surface area contributed by atoms with E-state index in [0.717, 1.165) is 18.2 Å². The van der Waals surface area contributed by atoms with Gasteiger partial charge in [0.25, 0.3) is 5.24 Å². The molecule has 1 N–H and O–H groups in total. The number of aromatic carboxylic acids is 1. The summed E-state index contributed by atoms with van der Waals surface area (Å²) in [7, 11) is 0. The van der Waals surface area contributed by atoms with Crippen molar-refractivity contribution in [1.29, 1.82) is 0 Å². The van der Waals surface area contributed by atoms with Crippen LogP contribution in [0, 0.1) is 11.6 Å². The van der Waals surface area contributed by atoms with Gasteiger partial charge in [-0.05, 0) is 35.9 Å². The van der Waals surface area contributed by atoms with E-state index in [4.69, 9.17) is 16.7 Å². The summed E-state index contributed by atoms with van der Waals surface area (Å²) in [4.78, 5) is 20.8. The van der Waals surface area contributed by atoms with Crippen molar-refractivity contribution in [2.75, 3.05) is 0 Å². The summed E-state index contributed by atoms with van der Waals surface area (Å²) < 4.78 is 103. The molecule has 0 fully saturated rings. The molecule has 0 aliphatic carbocycles. The van der Waals surface area contributed by atoms with E-state index >= 15 is 0 Å². The minimum Gasteiger partial charge on any atom is -0.478 e. The van der Waals surface area contributed by atoms with Crippen LogP contribution in [0.1, 0.15) is 20.7 Å². The minimum atomic E-state index is -4.93. The van der Waals surface area contributed by atoms with E-state index in [0.29, 0.717) is 18.2 Å². The fourth-order valence-electron chi connectivity index (χ4n) is 1.72. The van der Waals surface area contributed by atoms with E-state index in [9.17, 15) is 44.7 Å². The summed E-state index contributed by atoms with van der Waals surface area (Å²) in [5, 5.41) is 7.29. The molecule has 0 saturated carbocycles. The van der Waals surface area contributed by atoms with Gasteiger partial charge in [0.15, 0.2) is 0 Å². The van der Waals surface area contributed by atoms with Gasteiger partial charge in [-0.15, -0.1) is 26.3 Å². The van der Waals surface area contributed by atoms with Crippen LogP contribution in [0.5, 0.6) is 11.5 Å². The van der Waals surface area contributed by atoms with Gasteiger partial charge in [-0.25, -0.2) is 13.6 Å². The molecular formula is C16H7ClF8O5. The van der Waals surface area contributed by atoms with Crippen LogP contribution in [-0.4, -0.2) is 29.0 Å². The Kier molecular flexibility index (Phi) is 7.99. The van der Waals surface area contributed by atoms with E-state index in [1.807, 2.05) is 0 Å². The first-order valence-corrected chi connectivity index (χ1v) is 7.50. The first-order chi connectivity index (χ1) is 13.6. The molecule has 2 aromatic carbocycles. The Hall–Kier alpha value is -3.09. The maximum absolute atomic E-state index is 12.9. The second-order valence-corrected chi connectivity index (χ2v) is 5.30. The van der Waals surface area contributed by atoms with E-state index < -0.39 is 58.2 Å². The number of alkyl halides is 6. The molecule has 30 heavy (non-hydrogen) atoms. The van der Waals surface area contributed by atoms with Crippen molar-refractivity contribution in [1.82, 2.24) is 0 Å². The number of carbonyl (C=O) groups is 2. The van der Waals surface area contributed by atoms with E-state index in [2.05, 4.69) is 9.47 Å². The van der Waals surface area contributed by atoms with Crippen molar-refractivity contribution in [3.05, 3.63) is 59.2 Å². The Labute approximate surface area is 166 Å². The molecule has 14 heteroatoms. The highest BCUT2D eigenvalue weighted by atomic mass is 35.5. The van der Waals surface area contributed by atoms with Gasteiger partial charge in [-0.3, -0.25) is 4.79 Å². The van der Waals surface area contributed by atoms with Gasteiger partial charge in [0.05, 0.1) is 11.1 Å². The Balaban J connectivity index is 0.000000300. The largest absolute Gasteiger partial charge is 0.573 e. The zero-order valence-electron chi connectivity index (χ0n) is 13.9. The first kappa shape index (κ1) is 24.9. The molecule has 0 aliphatic rings. The molecule has 0 heterocycles. The van der Waals surface area contributed by atoms with Crippen LogP contribution in [0.4, 0.5) is 35.1 Å². The molecule has 2 aromatic rings. The number of carboxylic acids is 1. The number of benzene rings is 2. The van der Waals surface area contributed by atoms with Crippen LogP contribution in [0.2, 0.25) is 0 Å². The molecule has 0 aliphatic heterocycles. The second kappa shape index (κ2) is 9.61. The standard InChI is InChI=1S/C8H3ClF4O2.C8H4F4O3/c9-7(14)5-2-1-4(3-6(5)10)15-8(11,12)13;9-6-3-4(15-8(10,11)12)1-2-5(6)7(13)14/h1-3H;1-3H,(H,13,14). The van der Waals surface area contributed by atoms with Crippen LogP contribution in [0.15, 0.2) is 36.4 Å². The summed E-state index contributed by atoms with van der Waals surface area (Å²) in [6.45, 7) is 0. The minimum absolute atomic E-state index is 0.358. The molecule has 0 amide bonds. The maximum Gasteiger partial charge on any atom is 0.573 e. The molecule has 2 rings (SSSR count). The zero-order chi connectivity index (χ0) is 23.3. The zero-order valence-corrected chi connectivity index (χ0v) is 14.7. The molecule has 0 radical (unpaired) electrons. The SMILES string of the molecule is O=C(Cl)c1ccc(OC(F)(F)F)cc1F.O=C(O)c1ccc(OC(F)(F)F)cc1F. The molecule has 5 nitrogen and oxygen atoms in total. The van der Waals surface area contributed by atoms with Crippen molar-refractivity contribution in [2.24, 2.45) is 0 Å². The van der Waals surface area contributed by atoms with Crippen molar-refractivity contribution in [3.63, 3.8) is 0 Å². The van der Waals surface area contributed by atoms with E-state index in [1.165, 1.54) is 0 Å². The van der Waals surface area contributed by atoms with Crippen molar-refractivity contribution in [2.45, 2.75) is 12.7 Å². The number of carbonyl (C=O) groups excluding carboxylic acids is 1. The predicted octanol–water partition coefficient (Wildman–Crippen LogP) is 5.53. The number of ether oxygens (including phenoxy) is 2. The topological polar surface area (TPSA) is 72.8 Å². The molecule has 164 valence electrons. The normalized spacial score (nSPS) is 11.2. The molecule has 0 spiro atoms. The lowest BCUT2D eigenvalue weighted by Gasteiger charge is -2.08. The summed E-state index contributed by atoms with van der Waals surface area (Å²) in [6.07, 6.45) is -9.84. The van der Waals surface area contributed by atoms with Crippen LogP contribution >= 0.6 is 11.6 Å². The second-order valence-electron chi connectivity index (χ2n) is 4.96. The van der Waals surface area contributed by atoms with E-state index in [1.54, 1.807) is 0 Å². The summed E-state index contributed by atoms with van der Waals surface area (Å²) in [5.41, 5.74) is -1.23. The first-order valence-electron chi connectivity index (χ1n) is 7.13. The fourth-order valence-corrected chi connectivity index (χ4v) is 1.87. The van der Waals surface area contributed by atoms with Crippen molar-refractivity contribution >= 4 is 22.8 Å². The number of rotatable bonds is 4. The Morgan fingerprint density at radius 1 is 0.767 bits per heavy atom. The van der Waals surface area contributed by atoms with Gasteiger partial charge >= 0.3 is 18.7 Å². The van der Waals surface area contributed by atoms with Gasteiger partial charge in [0, 0.05) is 12.1 Å². The van der Waals surface area contributed by atoms with Gasteiger partial charge in [-0.1, -0.05) is 0 Å². The Morgan fingerprint density at radius 3 is 1.40 bits per heavy atom. The highest BCUT2D eigenvalue weighted by Gasteiger charge is 2.32. The van der Waals surface area contributed by atoms with Gasteiger partial charge < -0.3 is 14.6 Å². The molecular weight excluding hydrogens is 460 g/mol. The lowest BCUT2D eigenvalue weighted by Crippen LogP contribution is -2.17. The summed E-state index contributed by atoms with van der Waals surface area (Å²) >= 11 is 4.95. The highest BCUT2D eigenvalue weighted by Crippen LogP contribution is 2.25. The van der Waals surface area contributed by atoms with Crippen LogP contribution in [0.25, 0.3) is 0 Å². The molecule has 0 aromatic heterocycles. The third-order valence-electron chi connectivity index (χ3n) is 2.79.